The normalized spacial score (nSPS) is 10.6. The Labute approximate surface area is 63.3 Å². The van der Waals surface area contributed by atoms with Crippen LogP contribution in [0.25, 0.3) is 0 Å². The number of hydrogen-bond donors (Lipinski definition) is 0. The van der Waals surface area contributed by atoms with Crippen LogP contribution >= 0.6 is 0 Å². The highest BCUT2D eigenvalue weighted by molar-refractivity contribution is 5.55. The van der Waals surface area contributed by atoms with E-state index in [0.29, 0.717) is 6.61 Å². The highest BCUT2D eigenvalue weighted by atomic mass is 16.6. The smallest absolute Gasteiger partial charge is 0.116 e. The molecule has 0 rings (SSSR count). The summed E-state index contributed by atoms with van der Waals surface area (Å²) in [4.78, 5) is 4.84. The molecule has 10 heavy (non-hydrogen) atoms. The van der Waals surface area contributed by atoms with Gasteiger partial charge in [0.2, 0.25) is 0 Å². The molecule has 2 nitrogen and oxygen atoms in total. The van der Waals surface area contributed by atoms with Gasteiger partial charge in [0.25, 0.3) is 0 Å². The van der Waals surface area contributed by atoms with Gasteiger partial charge in [-0.1, -0.05) is 25.4 Å². The molecule has 59 valence electrons. The van der Waals surface area contributed by atoms with Gasteiger partial charge < -0.3 is 4.84 Å². The third-order valence-electron chi connectivity index (χ3n) is 1.07. The summed E-state index contributed by atoms with van der Waals surface area (Å²) < 4.78 is 0. The molecule has 0 aromatic carbocycles. The van der Waals surface area contributed by atoms with Crippen LogP contribution in [-0.2, 0) is 4.84 Å². The first-order valence-corrected chi connectivity index (χ1v) is 3.96. The van der Waals surface area contributed by atoms with E-state index in [1.807, 2.05) is 0 Å². The van der Waals surface area contributed by atoms with E-state index in [9.17, 15) is 0 Å². The molecular weight excluding hydrogens is 126 g/mol. The molecule has 0 spiro atoms. The third-order valence-corrected chi connectivity index (χ3v) is 1.07. The Morgan fingerprint density at radius 2 is 2.10 bits per heavy atom. The average molecular weight is 142 g/mol. The van der Waals surface area contributed by atoms with Crippen LogP contribution in [0.1, 0.15) is 39.5 Å². The van der Waals surface area contributed by atoms with Crippen molar-refractivity contribution < 1.29 is 4.84 Å². The topological polar surface area (TPSA) is 21.6 Å². The first kappa shape index (κ1) is 9.47. The van der Waals surface area contributed by atoms with Crippen molar-refractivity contribution in [2.24, 2.45) is 5.16 Å². The van der Waals surface area contributed by atoms with E-state index in [4.69, 9.17) is 4.84 Å². The van der Waals surface area contributed by atoms with Gasteiger partial charge in [-0.3, -0.25) is 0 Å². The number of unbranched alkanes of at least 4 members (excludes halogenated alkanes) is 2. The molecule has 0 aliphatic heterocycles. The van der Waals surface area contributed by atoms with E-state index in [1.165, 1.54) is 6.42 Å². The highest BCUT2D eigenvalue weighted by Gasteiger charge is 1.80. The van der Waals surface area contributed by atoms with Crippen LogP contribution in [0.5, 0.6) is 0 Å². The minimum atomic E-state index is 0.707. The van der Waals surface area contributed by atoms with Gasteiger partial charge in [-0.05, 0) is 19.3 Å². The molecule has 2 heteroatoms. The lowest BCUT2D eigenvalue weighted by atomic mass is 10.3. The van der Waals surface area contributed by atoms with Gasteiger partial charge >= 0.3 is 0 Å². The lowest BCUT2D eigenvalue weighted by Gasteiger charge is -1.91. The predicted molar refractivity (Wildman–Crippen MR) is 43.2 cm³/mol. The van der Waals surface area contributed by atoms with Crippen molar-refractivity contribution in [1.29, 1.82) is 0 Å². The number of rotatable bonds is 6. The van der Waals surface area contributed by atoms with Gasteiger partial charge in [0.15, 0.2) is 0 Å². The third kappa shape index (κ3) is 7.47. The second kappa shape index (κ2) is 8.47. The van der Waals surface area contributed by atoms with E-state index in [2.05, 4.69) is 25.2 Å². The molecule has 0 N–H and O–H groups in total. The molecular formula is C8H16NO. The van der Waals surface area contributed by atoms with Crippen molar-refractivity contribution in [1.82, 2.24) is 0 Å². The maximum absolute atomic E-state index is 4.84. The van der Waals surface area contributed by atoms with Gasteiger partial charge in [0, 0.05) is 0 Å². The van der Waals surface area contributed by atoms with Crippen LogP contribution in [0.15, 0.2) is 5.16 Å². The molecule has 0 unspecified atom stereocenters. The fraction of sp³-hybridized carbons (Fsp3) is 0.875. The molecule has 0 heterocycles. The van der Waals surface area contributed by atoms with Gasteiger partial charge in [-0.15, -0.1) is 0 Å². The summed E-state index contributed by atoms with van der Waals surface area (Å²) in [6.45, 7) is 4.91. The molecule has 0 saturated carbocycles. The second-order valence-electron chi connectivity index (χ2n) is 2.19. The Kier molecular flexibility index (Phi) is 8.02. The fourth-order valence-corrected chi connectivity index (χ4v) is 0.484. The minimum Gasteiger partial charge on any atom is -0.396 e. The molecule has 0 fully saturated rings. The molecule has 0 atom stereocenters. The molecule has 0 bridgehead atoms. The maximum Gasteiger partial charge on any atom is 0.116 e. The molecule has 0 amide bonds. The van der Waals surface area contributed by atoms with Gasteiger partial charge in [0.1, 0.15) is 12.8 Å². The zero-order valence-electron chi connectivity index (χ0n) is 6.89. The van der Waals surface area contributed by atoms with Crippen LogP contribution in [0.3, 0.4) is 0 Å². The first-order chi connectivity index (χ1) is 4.91. The van der Waals surface area contributed by atoms with Crippen molar-refractivity contribution >= 4 is 6.21 Å². The summed E-state index contributed by atoms with van der Waals surface area (Å²) in [5.41, 5.74) is 0. The van der Waals surface area contributed by atoms with Crippen LogP contribution < -0.4 is 0 Å². The monoisotopic (exact) mass is 142 g/mol. The Hall–Kier alpha value is -0.530. The minimum absolute atomic E-state index is 0.707. The van der Waals surface area contributed by atoms with Crippen LogP contribution in [0.2, 0.25) is 0 Å². The Morgan fingerprint density at radius 3 is 2.70 bits per heavy atom. The number of nitrogens with zero attached hydrogens (tertiary/aromatic N) is 1. The molecule has 0 aromatic heterocycles. The summed E-state index contributed by atoms with van der Waals surface area (Å²) in [6, 6.07) is 0. The molecule has 0 saturated heterocycles. The van der Waals surface area contributed by atoms with E-state index < -0.39 is 0 Å². The van der Waals surface area contributed by atoms with E-state index in [0.717, 1.165) is 19.3 Å². The van der Waals surface area contributed by atoms with Gasteiger partial charge in [-0.25, -0.2) is 0 Å². The number of hydrogen-bond acceptors (Lipinski definition) is 2. The quantitative estimate of drug-likeness (QED) is 0.317. The zero-order chi connectivity index (χ0) is 7.66. The first-order valence-electron chi connectivity index (χ1n) is 3.96. The maximum atomic E-state index is 4.84. The largest absolute Gasteiger partial charge is 0.396 e. The molecule has 0 aromatic rings. The van der Waals surface area contributed by atoms with Crippen molar-refractivity contribution in [3.05, 3.63) is 0 Å². The average Bonchev–Trinajstić information content (AvgIpc) is 1.97. The standard InChI is InChI=1S/C8H16NO/c1-3-5-6-7-9-10-8-4-2/h3-6,8H2,1-2H3. The van der Waals surface area contributed by atoms with Crippen molar-refractivity contribution in [3.8, 4) is 0 Å². The summed E-state index contributed by atoms with van der Waals surface area (Å²) in [5.74, 6) is 0. The summed E-state index contributed by atoms with van der Waals surface area (Å²) in [7, 11) is 0. The van der Waals surface area contributed by atoms with Crippen molar-refractivity contribution in [3.63, 3.8) is 0 Å². The van der Waals surface area contributed by atoms with E-state index >= 15 is 0 Å². The SMILES string of the molecule is CCCC/[C]=N/OCCC. The highest BCUT2D eigenvalue weighted by Crippen LogP contribution is 1.90. The Morgan fingerprint density at radius 1 is 1.30 bits per heavy atom. The summed E-state index contributed by atoms with van der Waals surface area (Å²) in [6.07, 6.45) is 7.10. The fourth-order valence-electron chi connectivity index (χ4n) is 0.484. The van der Waals surface area contributed by atoms with Crippen LogP contribution in [0, 0.1) is 0 Å². The lowest BCUT2D eigenvalue weighted by molar-refractivity contribution is 0.146. The van der Waals surface area contributed by atoms with E-state index in [1.54, 1.807) is 0 Å². The lowest BCUT2D eigenvalue weighted by Crippen LogP contribution is -1.84. The Bertz CT molecular complexity index is 71.3. The zero-order valence-corrected chi connectivity index (χ0v) is 6.89. The predicted octanol–water partition coefficient (Wildman–Crippen LogP) is 2.47. The molecule has 0 aliphatic rings. The Balaban J connectivity index is 2.89. The van der Waals surface area contributed by atoms with Crippen molar-refractivity contribution in [2.75, 3.05) is 6.61 Å². The summed E-state index contributed by atoms with van der Waals surface area (Å²) in [5, 5.41) is 3.65. The van der Waals surface area contributed by atoms with Crippen molar-refractivity contribution in [2.45, 2.75) is 39.5 Å². The summed E-state index contributed by atoms with van der Waals surface area (Å²) >= 11 is 0. The second-order valence-corrected chi connectivity index (χ2v) is 2.19. The van der Waals surface area contributed by atoms with Crippen LogP contribution in [-0.4, -0.2) is 12.8 Å². The molecule has 0 aliphatic carbocycles. The molecule has 1 radical (unpaired) electrons. The van der Waals surface area contributed by atoms with Crippen LogP contribution in [0.4, 0.5) is 0 Å². The van der Waals surface area contributed by atoms with Gasteiger partial charge in [-0.2, -0.15) is 0 Å². The van der Waals surface area contributed by atoms with Gasteiger partial charge in [0.05, 0.1) is 0 Å². The van der Waals surface area contributed by atoms with E-state index in [-0.39, 0.29) is 0 Å².